The van der Waals surface area contributed by atoms with Crippen molar-refractivity contribution in [3.63, 3.8) is 0 Å². The molecule has 0 aliphatic carbocycles. The molecule has 0 atom stereocenters. The maximum absolute atomic E-state index is 3.59. The molecule has 0 aromatic heterocycles. The molecule has 1 aromatic rings. The number of benzene rings is 1. The first kappa shape index (κ1) is 19.2. The molecule has 0 amide bonds. The molecular formula is C21H37N. The highest BCUT2D eigenvalue weighted by Crippen LogP contribution is 2.13. The molecule has 0 aliphatic heterocycles. The summed E-state index contributed by atoms with van der Waals surface area (Å²) in [6.45, 7) is 8.89. The lowest BCUT2D eigenvalue weighted by molar-refractivity contribution is 0.543. The van der Waals surface area contributed by atoms with Crippen molar-refractivity contribution in [3.8, 4) is 0 Å². The zero-order valence-electron chi connectivity index (χ0n) is 15.2. The van der Waals surface area contributed by atoms with E-state index in [4.69, 9.17) is 0 Å². The van der Waals surface area contributed by atoms with Crippen LogP contribution in [0.25, 0.3) is 0 Å². The molecule has 0 saturated heterocycles. The zero-order chi connectivity index (χ0) is 16.0. The molecule has 0 fully saturated rings. The van der Waals surface area contributed by atoms with Crippen LogP contribution < -0.4 is 5.32 Å². The molecule has 126 valence electrons. The molecule has 1 rings (SSSR count). The summed E-state index contributed by atoms with van der Waals surface area (Å²) in [5.41, 5.74) is 4.29. The number of hydrogen-bond acceptors (Lipinski definition) is 1. The largest absolute Gasteiger partial charge is 0.313 e. The van der Waals surface area contributed by atoms with Crippen LogP contribution in [-0.2, 0) is 6.54 Å². The van der Waals surface area contributed by atoms with Gasteiger partial charge in [-0.2, -0.15) is 0 Å². The van der Waals surface area contributed by atoms with Crippen LogP contribution >= 0.6 is 0 Å². The van der Waals surface area contributed by atoms with Crippen LogP contribution in [0.5, 0.6) is 0 Å². The number of rotatable bonds is 13. The quantitative estimate of drug-likeness (QED) is 0.421. The predicted octanol–water partition coefficient (Wildman–Crippen LogP) is 6.31. The molecule has 0 saturated carbocycles. The van der Waals surface area contributed by atoms with Crippen molar-refractivity contribution >= 4 is 0 Å². The van der Waals surface area contributed by atoms with E-state index in [1.165, 1.54) is 80.9 Å². The first-order chi connectivity index (χ1) is 10.8. The standard InChI is InChI=1S/C21H37N/c1-4-5-6-7-8-9-10-11-12-13-17-22-18-21-16-14-15-19(2)20(21)3/h14-16,22H,4-13,17-18H2,1-3H3. The SMILES string of the molecule is CCCCCCCCCCCCNCc1cccc(C)c1C. The molecule has 0 bridgehead atoms. The summed E-state index contributed by atoms with van der Waals surface area (Å²) < 4.78 is 0. The molecule has 0 spiro atoms. The Labute approximate surface area is 138 Å². The van der Waals surface area contributed by atoms with Crippen LogP contribution in [0.2, 0.25) is 0 Å². The van der Waals surface area contributed by atoms with Crippen LogP contribution in [0.4, 0.5) is 0 Å². The summed E-state index contributed by atoms with van der Waals surface area (Å²) in [6.07, 6.45) is 14.1. The van der Waals surface area contributed by atoms with E-state index in [0.717, 1.165) is 13.1 Å². The molecule has 1 nitrogen and oxygen atoms in total. The fourth-order valence-electron chi connectivity index (χ4n) is 2.96. The predicted molar refractivity (Wildman–Crippen MR) is 99.5 cm³/mol. The Bertz CT molecular complexity index is 383. The van der Waals surface area contributed by atoms with Crippen molar-refractivity contribution in [2.24, 2.45) is 0 Å². The van der Waals surface area contributed by atoms with Gasteiger partial charge < -0.3 is 5.32 Å². The number of hydrogen-bond donors (Lipinski definition) is 1. The lowest BCUT2D eigenvalue weighted by atomic mass is 10.0. The Balaban J connectivity index is 1.90. The highest BCUT2D eigenvalue weighted by molar-refractivity contribution is 5.32. The van der Waals surface area contributed by atoms with Crippen molar-refractivity contribution in [2.75, 3.05) is 6.54 Å². The molecule has 1 aromatic carbocycles. The first-order valence-electron chi connectivity index (χ1n) is 9.51. The van der Waals surface area contributed by atoms with Gasteiger partial charge in [0.2, 0.25) is 0 Å². The third kappa shape index (κ3) is 8.58. The van der Waals surface area contributed by atoms with Gasteiger partial charge in [0.1, 0.15) is 0 Å². The van der Waals surface area contributed by atoms with E-state index in [9.17, 15) is 0 Å². The summed E-state index contributed by atoms with van der Waals surface area (Å²) in [7, 11) is 0. The fraction of sp³-hybridized carbons (Fsp3) is 0.714. The Morgan fingerprint density at radius 3 is 2.00 bits per heavy atom. The van der Waals surface area contributed by atoms with E-state index in [0.29, 0.717) is 0 Å². The first-order valence-corrected chi connectivity index (χ1v) is 9.51. The number of unbranched alkanes of at least 4 members (excludes halogenated alkanes) is 9. The Hall–Kier alpha value is -0.820. The maximum Gasteiger partial charge on any atom is 0.0208 e. The van der Waals surface area contributed by atoms with Crippen LogP contribution in [0.1, 0.15) is 87.8 Å². The number of aryl methyl sites for hydroxylation is 1. The molecule has 0 aliphatic rings. The molecule has 1 N–H and O–H groups in total. The minimum atomic E-state index is 1.02. The van der Waals surface area contributed by atoms with E-state index in [2.05, 4.69) is 44.3 Å². The Kier molecular flexibility index (Phi) is 11.1. The van der Waals surface area contributed by atoms with Crippen LogP contribution in [0, 0.1) is 13.8 Å². The molecule has 22 heavy (non-hydrogen) atoms. The van der Waals surface area contributed by atoms with Gasteiger partial charge in [-0.05, 0) is 43.5 Å². The summed E-state index contributed by atoms with van der Waals surface area (Å²) in [4.78, 5) is 0. The van der Waals surface area contributed by atoms with Crippen molar-refractivity contribution in [3.05, 3.63) is 34.9 Å². The third-order valence-electron chi connectivity index (χ3n) is 4.74. The highest BCUT2D eigenvalue weighted by atomic mass is 14.8. The van der Waals surface area contributed by atoms with Gasteiger partial charge in [0, 0.05) is 6.54 Å². The minimum Gasteiger partial charge on any atom is -0.313 e. The van der Waals surface area contributed by atoms with Crippen LogP contribution in [0.3, 0.4) is 0 Å². The van der Waals surface area contributed by atoms with Gasteiger partial charge in [-0.3, -0.25) is 0 Å². The van der Waals surface area contributed by atoms with E-state index in [-0.39, 0.29) is 0 Å². The van der Waals surface area contributed by atoms with E-state index >= 15 is 0 Å². The van der Waals surface area contributed by atoms with Crippen molar-refractivity contribution in [1.82, 2.24) is 5.32 Å². The van der Waals surface area contributed by atoms with Gasteiger partial charge in [0.15, 0.2) is 0 Å². The van der Waals surface area contributed by atoms with Gasteiger partial charge in [-0.15, -0.1) is 0 Å². The minimum absolute atomic E-state index is 1.02. The average Bonchev–Trinajstić information content (AvgIpc) is 2.52. The smallest absolute Gasteiger partial charge is 0.0208 e. The summed E-state index contributed by atoms with van der Waals surface area (Å²) >= 11 is 0. The van der Waals surface area contributed by atoms with Gasteiger partial charge in [0.05, 0.1) is 0 Å². The average molecular weight is 304 g/mol. The van der Waals surface area contributed by atoms with Crippen LogP contribution in [-0.4, -0.2) is 6.54 Å². The Morgan fingerprint density at radius 1 is 0.773 bits per heavy atom. The van der Waals surface area contributed by atoms with Gasteiger partial charge >= 0.3 is 0 Å². The molecule has 0 unspecified atom stereocenters. The molecule has 0 radical (unpaired) electrons. The summed E-state index contributed by atoms with van der Waals surface area (Å²) in [5.74, 6) is 0. The second-order valence-corrected chi connectivity index (χ2v) is 6.72. The second kappa shape index (κ2) is 12.7. The molecular weight excluding hydrogens is 266 g/mol. The van der Waals surface area contributed by atoms with Gasteiger partial charge in [-0.25, -0.2) is 0 Å². The second-order valence-electron chi connectivity index (χ2n) is 6.72. The summed E-state index contributed by atoms with van der Waals surface area (Å²) in [6, 6.07) is 6.61. The van der Waals surface area contributed by atoms with E-state index < -0.39 is 0 Å². The van der Waals surface area contributed by atoms with Crippen molar-refractivity contribution < 1.29 is 0 Å². The van der Waals surface area contributed by atoms with E-state index in [1.54, 1.807) is 0 Å². The van der Waals surface area contributed by atoms with Gasteiger partial charge in [-0.1, -0.05) is 82.9 Å². The lowest BCUT2D eigenvalue weighted by Gasteiger charge is -2.09. The zero-order valence-corrected chi connectivity index (χ0v) is 15.2. The highest BCUT2D eigenvalue weighted by Gasteiger charge is 1.99. The van der Waals surface area contributed by atoms with Crippen molar-refractivity contribution in [1.29, 1.82) is 0 Å². The number of nitrogens with one attached hydrogen (secondary N) is 1. The molecule has 0 heterocycles. The monoisotopic (exact) mass is 303 g/mol. The normalized spacial score (nSPS) is 11.0. The topological polar surface area (TPSA) is 12.0 Å². The fourth-order valence-corrected chi connectivity index (χ4v) is 2.96. The van der Waals surface area contributed by atoms with Crippen LogP contribution in [0.15, 0.2) is 18.2 Å². The van der Waals surface area contributed by atoms with E-state index in [1.807, 2.05) is 0 Å². The Morgan fingerprint density at radius 2 is 1.36 bits per heavy atom. The lowest BCUT2D eigenvalue weighted by Crippen LogP contribution is -2.15. The summed E-state index contributed by atoms with van der Waals surface area (Å²) in [5, 5.41) is 3.59. The maximum atomic E-state index is 3.59. The molecule has 1 heteroatoms. The van der Waals surface area contributed by atoms with Crippen molar-refractivity contribution in [2.45, 2.75) is 91.5 Å². The third-order valence-corrected chi connectivity index (χ3v) is 4.74. The van der Waals surface area contributed by atoms with Gasteiger partial charge in [0.25, 0.3) is 0 Å².